The molecule has 1 aromatic heterocycles. The fraction of sp³-hybridized carbons (Fsp3) is 0.600. The highest BCUT2D eigenvalue weighted by atomic mass is 16.2. The first-order chi connectivity index (χ1) is 9.51. The molecule has 5 nitrogen and oxygen atoms in total. The summed E-state index contributed by atoms with van der Waals surface area (Å²) < 4.78 is 0. The Morgan fingerprint density at radius 2 is 2.25 bits per heavy atom. The van der Waals surface area contributed by atoms with E-state index in [9.17, 15) is 4.79 Å². The molecule has 110 valence electrons. The minimum absolute atomic E-state index is 0.0809. The molecular formula is C15H24N4O. The van der Waals surface area contributed by atoms with Crippen molar-refractivity contribution in [2.45, 2.75) is 39.5 Å². The molecule has 1 fully saturated rings. The summed E-state index contributed by atoms with van der Waals surface area (Å²) in [6.45, 7) is 7.98. The van der Waals surface area contributed by atoms with Gasteiger partial charge in [0.2, 0.25) is 0 Å². The van der Waals surface area contributed by atoms with E-state index in [0.717, 1.165) is 25.2 Å². The Morgan fingerprint density at radius 3 is 2.85 bits per heavy atom. The number of nitrogen functional groups attached to an aromatic ring is 1. The number of amides is 1. The average molecular weight is 276 g/mol. The molecule has 2 heterocycles. The predicted octanol–water partition coefficient (Wildman–Crippen LogP) is 2.36. The first-order valence-corrected chi connectivity index (χ1v) is 7.29. The number of anilines is 1. The predicted molar refractivity (Wildman–Crippen MR) is 80.4 cm³/mol. The third kappa shape index (κ3) is 3.28. The van der Waals surface area contributed by atoms with Gasteiger partial charge in [-0.2, -0.15) is 0 Å². The van der Waals surface area contributed by atoms with Gasteiger partial charge in [0.05, 0.1) is 0 Å². The number of likely N-dealkylation sites (tertiary alicyclic amines) is 1. The van der Waals surface area contributed by atoms with Crippen LogP contribution in [0.25, 0.3) is 0 Å². The summed E-state index contributed by atoms with van der Waals surface area (Å²) in [5.41, 5.74) is 4.10. The van der Waals surface area contributed by atoms with Crippen molar-refractivity contribution in [3.8, 4) is 0 Å². The standard InChI is InChI=1S/C15H24N4O/c1-10(2)13-7-12(8-14(17-13)18-16)15(20)19-6-4-5-11(3)9-19/h7-8,10-11H,4-6,9,16H2,1-3H3,(H,17,18). The van der Waals surface area contributed by atoms with Crippen LogP contribution in [-0.4, -0.2) is 28.9 Å². The van der Waals surface area contributed by atoms with Crippen LogP contribution in [0.2, 0.25) is 0 Å². The van der Waals surface area contributed by atoms with Crippen molar-refractivity contribution in [1.82, 2.24) is 9.88 Å². The molecule has 5 heteroatoms. The SMILES string of the molecule is CC1CCCN(C(=O)c2cc(NN)nc(C(C)C)c2)C1. The van der Waals surface area contributed by atoms with E-state index >= 15 is 0 Å². The monoisotopic (exact) mass is 276 g/mol. The largest absolute Gasteiger partial charge is 0.338 e. The van der Waals surface area contributed by atoms with Crippen LogP contribution < -0.4 is 11.3 Å². The van der Waals surface area contributed by atoms with Crippen LogP contribution in [0, 0.1) is 5.92 Å². The van der Waals surface area contributed by atoms with Gasteiger partial charge in [0.1, 0.15) is 5.82 Å². The van der Waals surface area contributed by atoms with Crippen LogP contribution in [0.15, 0.2) is 12.1 Å². The summed E-state index contributed by atoms with van der Waals surface area (Å²) in [5.74, 6) is 6.91. The molecule has 20 heavy (non-hydrogen) atoms. The number of nitrogens with one attached hydrogen (secondary N) is 1. The quantitative estimate of drug-likeness (QED) is 0.656. The van der Waals surface area contributed by atoms with Gasteiger partial charge >= 0.3 is 0 Å². The second-order valence-electron chi connectivity index (χ2n) is 5.96. The molecule has 3 N–H and O–H groups in total. The van der Waals surface area contributed by atoms with E-state index in [1.165, 1.54) is 6.42 Å². The number of nitrogens with zero attached hydrogens (tertiary/aromatic N) is 2. The van der Waals surface area contributed by atoms with Crippen molar-refractivity contribution in [3.05, 3.63) is 23.4 Å². The normalized spacial score (nSPS) is 19.2. The Bertz CT molecular complexity index is 487. The van der Waals surface area contributed by atoms with Gasteiger partial charge < -0.3 is 10.3 Å². The molecule has 0 saturated carbocycles. The van der Waals surface area contributed by atoms with Crippen molar-refractivity contribution in [3.63, 3.8) is 0 Å². The summed E-state index contributed by atoms with van der Waals surface area (Å²) in [6, 6.07) is 3.61. The van der Waals surface area contributed by atoms with E-state index in [0.29, 0.717) is 17.3 Å². The molecule has 1 unspecified atom stereocenters. The second kappa shape index (κ2) is 6.22. The van der Waals surface area contributed by atoms with E-state index in [4.69, 9.17) is 5.84 Å². The smallest absolute Gasteiger partial charge is 0.254 e. The molecule has 1 atom stereocenters. The Hall–Kier alpha value is -1.62. The van der Waals surface area contributed by atoms with Crippen molar-refractivity contribution in [1.29, 1.82) is 0 Å². The maximum absolute atomic E-state index is 12.6. The van der Waals surface area contributed by atoms with Gasteiger partial charge in [0.25, 0.3) is 5.91 Å². The number of pyridine rings is 1. The summed E-state index contributed by atoms with van der Waals surface area (Å²) in [7, 11) is 0. The van der Waals surface area contributed by atoms with Gasteiger partial charge in [-0.3, -0.25) is 4.79 Å². The first-order valence-electron chi connectivity index (χ1n) is 7.29. The highest BCUT2D eigenvalue weighted by molar-refractivity contribution is 5.95. The number of hydrogen-bond acceptors (Lipinski definition) is 4. The number of piperidine rings is 1. The minimum atomic E-state index is 0.0809. The lowest BCUT2D eigenvalue weighted by Gasteiger charge is -2.31. The highest BCUT2D eigenvalue weighted by Gasteiger charge is 2.23. The lowest BCUT2D eigenvalue weighted by molar-refractivity contribution is 0.0683. The van der Waals surface area contributed by atoms with Crippen molar-refractivity contribution >= 4 is 11.7 Å². The number of hydrazine groups is 1. The van der Waals surface area contributed by atoms with Crippen molar-refractivity contribution < 1.29 is 4.79 Å². The van der Waals surface area contributed by atoms with E-state index in [1.54, 1.807) is 6.07 Å². The number of carbonyl (C=O) groups is 1. The Labute approximate surface area is 120 Å². The molecule has 1 aliphatic heterocycles. The Balaban J connectivity index is 2.26. The number of hydrogen-bond donors (Lipinski definition) is 2. The highest BCUT2D eigenvalue weighted by Crippen LogP contribution is 2.21. The fourth-order valence-corrected chi connectivity index (χ4v) is 2.60. The maximum Gasteiger partial charge on any atom is 0.254 e. The molecule has 0 bridgehead atoms. The summed E-state index contributed by atoms with van der Waals surface area (Å²) in [5, 5.41) is 0. The molecule has 0 aromatic carbocycles. The van der Waals surface area contributed by atoms with Crippen LogP contribution in [-0.2, 0) is 0 Å². The summed E-state index contributed by atoms with van der Waals surface area (Å²) in [4.78, 5) is 18.9. The van der Waals surface area contributed by atoms with Crippen LogP contribution >= 0.6 is 0 Å². The Kier molecular flexibility index (Phi) is 4.60. The number of nitrogens with two attached hydrogens (primary N) is 1. The summed E-state index contributed by atoms with van der Waals surface area (Å²) in [6.07, 6.45) is 2.28. The van der Waals surface area contributed by atoms with Gasteiger partial charge in [-0.25, -0.2) is 10.8 Å². The van der Waals surface area contributed by atoms with Gasteiger partial charge in [0, 0.05) is 24.3 Å². The number of rotatable bonds is 3. The van der Waals surface area contributed by atoms with E-state index in [2.05, 4.69) is 31.2 Å². The van der Waals surface area contributed by atoms with Crippen LogP contribution in [0.5, 0.6) is 0 Å². The molecule has 0 radical (unpaired) electrons. The van der Waals surface area contributed by atoms with Gasteiger partial charge in [-0.15, -0.1) is 0 Å². The van der Waals surface area contributed by atoms with Crippen LogP contribution in [0.1, 0.15) is 55.6 Å². The van der Waals surface area contributed by atoms with Gasteiger partial charge in [-0.05, 0) is 36.8 Å². The van der Waals surface area contributed by atoms with Crippen LogP contribution in [0.3, 0.4) is 0 Å². The van der Waals surface area contributed by atoms with E-state index in [1.807, 2.05) is 11.0 Å². The molecule has 2 rings (SSSR count). The zero-order valence-electron chi connectivity index (χ0n) is 12.5. The maximum atomic E-state index is 12.6. The molecule has 0 aliphatic carbocycles. The molecular weight excluding hydrogens is 252 g/mol. The Morgan fingerprint density at radius 1 is 1.50 bits per heavy atom. The lowest BCUT2D eigenvalue weighted by Crippen LogP contribution is -2.39. The number of carbonyl (C=O) groups excluding carboxylic acids is 1. The lowest BCUT2D eigenvalue weighted by atomic mass is 9.99. The van der Waals surface area contributed by atoms with Gasteiger partial charge in [0.15, 0.2) is 0 Å². The second-order valence-corrected chi connectivity index (χ2v) is 5.96. The fourth-order valence-electron chi connectivity index (χ4n) is 2.60. The molecule has 1 amide bonds. The third-order valence-electron chi connectivity index (χ3n) is 3.78. The van der Waals surface area contributed by atoms with E-state index in [-0.39, 0.29) is 11.8 Å². The van der Waals surface area contributed by atoms with Gasteiger partial charge in [-0.1, -0.05) is 20.8 Å². The first kappa shape index (κ1) is 14.8. The molecule has 1 aliphatic rings. The number of aromatic nitrogens is 1. The average Bonchev–Trinajstić information content (AvgIpc) is 2.45. The molecule has 1 aromatic rings. The van der Waals surface area contributed by atoms with Crippen LogP contribution in [0.4, 0.5) is 5.82 Å². The zero-order chi connectivity index (χ0) is 14.7. The van der Waals surface area contributed by atoms with Crippen molar-refractivity contribution in [2.24, 2.45) is 11.8 Å². The topological polar surface area (TPSA) is 71.2 Å². The third-order valence-corrected chi connectivity index (χ3v) is 3.78. The van der Waals surface area contributed by atoms with Crippen molar-refractivity contribution in [2.75, 3.05) is 18.5 Å². The minimum Gasteiger partial charge on any atom is -0.338 e. The molecule has 1 saturated heterocycles. The van der Waals surface area contributed by atoms with E-state index < -0.39 is 0 Å². The summed E-state index contributed by atoms with van der Waals surface area (Å²) >= 11 is 0. The zero-order valence-corrected chi connectivity index (χ0v) is 12.5. The molecule has 0 spiro atoms.